The summed E-state index contributed by atoms with van der Waals surface area (Å²) in [7, 11) is 0. The van der Waals surface area contributed by atoms with Gasteiger partial charge in [0.2, 0.25) is 0 Å². The maximum absolute atomic E-state index is 12.3. The lowest BCUT2D eigenvalue weighted by atomic mass is 10.0. The Balaban J connectivity index is 3.44. The molecule has 6 nitrogen and oxygen atoms in total. The number of phenolic OH excluding ortho intramolecular Hbond substituents is 1. The Hall–Kier alpha value is -2.20. The molecule has 0 bridgehead atoms. The number of alkyl halides is 1. The fourth-order valence-electron chi connectivity index (χ4n) is 1.21. The third-order valence-electron chi connectivity index (χ3n) is 2.01. The summed E-state index contributed by atoms with van der Waals surface area (Å²) in [6.07, 6.45) is 0. The number of nitrogens with two attached hydrogens (primary N) is 1. The number of halogens is 1. The second-order valence-electron chi connectivity index (χ2n) is 3.06. The van der Waals surface area contributed by atoms with Crippen molar-refractivity contribution in [1.82, 2.24) is 0 Å². The summed E-state index contributed by atoms with van der Waals surface area (Å²) in [4.78, 5) is 9.70. The molecule has 1 atom stereocenters. The topological polar surface area (TPSA) is 113 Å². The molecule has 0 aromatic heterocycles. The van der Waals surface area contributed by atoms with E-state index in [4.69, 9.17) is 11.0 Å². The van der Waals surface area contributed by atoms with Crippen molar-refractivity contribution in [2.75, 3.05) is 6.67 Å². The van der Waals surface area contributed by atoms with Crippen molar-refractivity contribution in [3.8, 4) is 11.8 Å². The van der Waals surface area contributed by atoms with Gasteiger partial charge in [-0.05, 0) is 6.07 Å². The van der Waals surface area contributed by atoms with E-state index in [1.807, 2.05) is 0 Å². The summed E-state index contributed by atoms with van der Waals surface area (Å²) < 4.78 is 12.3. The van der Waals surface area contributed by atoms with Crippen molar-refractivity contribution in [1.29, 1.82) is 5.26 Å². The molecule has 0 unspecified atom stereocenters. The molecule has 0 spiro atoms. The number of nitro groups is 1. The molecule has 0 amide bonds. The standard InChI is InChI=1S/C9H8FN3O3/c10-3-7(12)6-1-5(4-11)2-8(9(6)14)13(15)16/h1-2,7,14H,3,12H2/t7-/m1/s1. The van der Waals surface area contributed by atoms with E-state index in [2.05, 4.69) is 0 Å². The van der Waals surface area contributed by atoms with Crippen molar-refractivity contribution >= 4 is 5.69 Å². The highest BCUT2D eigenvalue weighted by molar-refractivity contribution is 5.56. The van der Waals surface area contributed by atoms with Crippen molar-refractivity contribution in [2.45, 2.75) is 6.04 Å². The molecule has 1 aromatic carbocycles. The predicted octanol–water partition coefficient (Wildman–Crippen LogP) is 1.14. The lowest BCUT2D eigenvalue weighted by Crippen LogP contribution is -2.13. The monoisotopic (exact) mass is 225 g/mol. The van der Waals surface area contributed by atoms with Gasteiger partial charge in [-0.2, -0.15) is 5.26 Å². The quantitative estimate of drug-likeness (QED) is 0.591. The fraction of sp³-hybridized carbons (Fsp3) is 0.222. The maximum Gasteiger partial charge on any atom is 0.312 e. The van der Waals surface area contributed by atoms with Gasteiger partial charge in [0, 0.05) is 11.6 Å². The summed E-state index contributed by atoms with van der Waals surface area (Å²) >= 11 is 0. The summed E-state index contributed by atoms with van der Waals surface area (Å²) in [6, 6.07) is 2.53. The van der Waals surface area contributed by atoms with Crippen LogP contribution in [0.15, 0.2) is 12.1 Å². The normalized spacial score (nSPS) is 11.8. The van der Waals surface area contributed by atoms with E-state index in [0.717, 1.165) is 12.1 Å². The number of hydrogen-bond donors (Lipinski definition) is 2. The van der Waals surface area contributed by atoms with Crippen LogP contribution < -0.4 is 5.73 Å². The Morgan fingerprint density at radius 2 is 2.31 bits per heavy atom. The zero-order valence-corrected chi connectivity index (χ0v) is 8.05. The zero-order chi connectivity index (χ0) is 12.3. The van der Waals surface area contributed by atoms with Crippen LogP contribution in [0.5, 0.6) is 5.75 Å². The average molecular weight is 225 g/mol. The number of aromatic hydroxyl groups is 1. The SMILES string of the molecule is N#Cc1cc([C@H](N)CF)c(O)c([N+](=O)[O-])c1. The average Bonchev–Trinajstić information content (AvgIpc) is 2.28. The van der Waals surface area contributed by atoms with Gasteiger partial charge in [0.1, 0.15) is 6.67 Å². The fourth-order valence-corrected chi connectivity index (χ4v) is 1.21. The van der Waals surface area contributed by atoms with Crippen molar-refractivity contribution in [2.24, 2.45) is 5.73 Å². The minimum Gasteiger partial charge on any atom is -0.502 e. The summed E-state index contributed by atoms with van der Waals surface area (Å²) in [5.41, 5.74) is 4.47. The largest absolute Gasteiger partial charge is 0.502 e. The van der Waals surface area contributed by atoms with Crippen molar-refractivity contribution < 1.29 is 14.4 Å². The van der Waals surface area contributed by atoms with Gasteiger partial charge in [0.05, 0.1) is 22.6 Å². The molecule has 1 rings (SSSR count). The van der Waals surface area contributed by atoms with Gasteiger partial charge < -0.3 is 10.8 Å². The van der Waals surface area contributed by atoms with Gasteiger partial charge in [-0.3, -0.25) is 10.1 Å². The molecule has 0 aliphatic carbocycles. The number of nitro benzene ring substituents is 1. The van der Waals surface area contributed by atoms with Gasteiger partial charge in [0.15, 0.2) is 5.75 Å². The molecule has 0 saturated heterocycles. The molecule has 0 aliphatic heterocycles. The Labute approximate surface area is 89.9 Å². The molecule has 1 aromatic rings. The van der Waals surface area contributed by atoms with E-state index in [0.29, 0.717) is 0 Å². The molecule has 0 radical (unpaired) electrons. The van der Waals surface area contributed by atoms with E-state index in [9.17, 15) is 19.6 Å². The maximum atomic E-state index is 12.3. The summed E-state index contributed by atoms with van der Waals surface area (Å²) in [5, 5.41) is 28.7. The second kappa shape index (κ2) is 4.55. The Bertz CT molecular complexity index is 470. The van der Waals surface area contributed by atoms with Crippen LogP contribution >= 0.6 is 0 Å². The molecule has 3 N–H and O–H groups in total. The molecule has 84 valence electrons. The first kappa shape index (κ1) is 11.9. The van der Waals surface area contributed by atoms with Crippen LogP contribution in [-0.2, 0) is 0 Å². The molecule has 0 heterocycles. The van der Waals surface area contributed by atoms with Crippen molar-refractivity contribution in [3.63, 3.8) is 0 Å². The summed E-state index contributed by atoms with van der Waals surface area (Å²) in [5.74, 6) is -0.700. The number of nitriles is 1. The first-order valence-corrected chi connectivity index (χ1v) is 4.24. The molecular weight excluding hydrogens is 217 g/mol. The first-order valence-electron chi connectivity index (χ1n) is 4.24. The van der Waals surface area contributed by atoms with Crippen molar-refractivity contribution in [3.05, 3.63) is 33.4 Å². The predicted molar refractivity (Wildman–Crippen MR) is 52.4 cm³/mol. The van der Waals surface area contributed by atoms with Gasteiger partial charge in [-0.15, -0.1) is 0 Å². The third-order valence-corrected chi connectivity index (χ3v) is 2.01. The van der Waals surface area contributed by atoms with Gasteiger partial charge in [-0.1, -0.05) is 0 Å². The number of rotatable bonds is 3. The third kappa shape index (κ3) is 2.07. The molecule has 7 heteroatoms. The lowest BCUT2D eigenvalue weighted by Gasteiger charge is -2.10. The Morgan fingerprint density at radius 3 is 2.75 bits per heavy atom. The van der Waals surface area contributed by atoms with E-state index < -0.39 is 29.1 Å². The number of phenols is 1. The molecule has 16 heavy (non-hydrogen) atoms. The van der Waals surface area contributed by atoms with Gasteiger partial charge >= 0.3 is 5.69 Å². The van der Waals surface area contributed by atoms with E-state index in [1.54, 1.807) is 6.07 Å². The van der Waals surface area contributed by atoms with E-state index in [-0.39, 0.29) is 11.1 Å². The number of hydrogen-bond acceptors (Lipinski definition) is 5. The van der Waals surface area contributed by atoms with Crippen LogP contribution in [0.1, 0.15) is 17.2 Å². The van der Waals surface area contributed by atoms with Crippen LogP contribution in [0.4, 0.5) is 10.1 Å². The van der Waals surface area contributed by atoms with Crippen LogP contribution in [0.3, 0.4) is 0 Å². The zero-order valence-electron chi connectivity index (χ0n) is 8.05. The number of nitrogens with zero attached hydrogens (tertiary/aromatic N) is 2. The smallest absolute Gasteiger partial charge is 0.312 e. The molecular formula is C9H8FN3O3. The molecule has 0 saturated carbocycles. The highest BCUT2D eigenvalue weighted by atomic mass is 19.1. The van der Waals surface area contributed by atoms with Gasteiger partial charge in [-0.25, -0.2) is 4.39 Å². The second-order valence-corrected chi connectivity index (χ2v) is 3.06. The van der Waals surface area contributed by atoms with Crippen LogP contribution in [0, 0.1) is 21.4 Å². The highest BCUT2D eigenvalue weighted by Gasteiger charge is 2.22. The molecule has 0 aliphatic rings. The van der Waals surface area contributed by atoms with Crippen LogP contribution in [0.25, 0.3) is 0 Å². The minimum absolute atomic E-state index is 0.0524. The lowest BCUT2D eigenvalue weighted by molar-refractivity contribution is -0.386. The van der Waals surface area contributed by atoms with E-state index in [1.165, 1.54) is 0 Å². The highest BCUT2D eigenvalue weighted by Crippen LogP contribution is 2.34. The molecule has 0 fully saturated rings. The Morgan fingerprint density at radius 1 is 1.69 bits per heavy atom. The first-order chi connectivity index (χ1) is 7.51. The van der Waals surface area contributed by atoms with E-state index >= 15 is 0 Å². The summed E-state index contributed by atoms with van der Waals surface area (Å²) in [6.45, 7) is -0.987. The number of benzene rings is 1. The Kier molecular flexibility index (Phi) is 3.37. The minimum atomic E-state index is -1.19. The van der Waals surface area contributed by atoms with Crippen LogP contribution in [-0.4, -0.2) is 16.7 Å². The van der Waals surface area contributed by atoms with Crippen LogP contribution in [0.2, 0.25) is 0 Å². The van der Waals surface area contributed by atoms with Gasteiger partial charge in [0.25, 0.3) is 0 Å².